The Morgan fingerprint density at radius 1 is 1.32 bits per heavy atom. The van der Waals surface area contributed by atoms with E-state index in [9.17, 15) is 0 Å². The van der Waals surface area contributed by atoms with Crippen LogP contribution in [0, 0.1) is 0 Å². The van der Waals surface area contributed by atoms with Crippen molar-refractivity contribution < 1.29 is 4.74 Å². The lowest BCUT2D eigenvalue weighted by atomic mass is 10.0. The summed E-state index contributed by atoms with van der Waals surface area (Å²) in [6.07, 6.45) is 6.60. The number of hydrogen-bond acceptors (Lipinski definition) is 3. The molecule has 2 heterocycles. The predicted octanol–water partition coefficient (Wildman–Crippen LogP) is 3.05. The minimum absolute atomic E-state index is 0.405. The van der Waals surface area contributed by atoms with Crippen molar-refractivity contribution in [3.05, 3.63) is 23.8 Å². The molecule has 0 amide bonds. The van der Waals surface area contributed by atoms with E-state index in [-0.39, 0.29) is 0 Å². The van der Waals surface area contributed by atoms with E-state index < -0.39 is 0 Å². The van der Waals surface area contributed by atoms with Crippen LogP contribution < -0.4 is 10.2 Å². The molecular weight excluding hydrogens is 236 g/mol. The first-order valence-corrected chi connectivity index (χ1v) is 7.52. The summed E-state index contributed by atoms with van der Waals surface area (Å²) in [7, 11) is 2.17. The molecule has 3 rings (SSSR count). The van der Waals surface area contributed by atoms with Gasteiger partial charge in [-0.15, -0.1) is 0 Å². The largest absolute Gasteiger partial charge is 0.385 e. The van der Waals surface area contributed by atoms with Crippen LogP contribution in [0.5, 0.6) is 0 Å². The van der Waals surface area contributed by atoms with E-state index in [2.05, 4.69) is 35.5 Å². The molecule has 1 saturated heterocycles. The number of rotatable bonds is 3. The molecule has 1 fully saturated rings. The third kappa shape index (κ3) is 3.03. The number of fused-ring (bicyclic) bond motifs is 1. The van der Waals surface area contributed by atoms with Gasteiger partial charge in [0.05, 0.1) is 6.10 Å². The quantitative estimate of drug-likeness (QED) is 0.904. The molecule has 3 nitrogen and oxygen atoms in total. The van der Waals surface area contributed by atoms with Crippen molar-refractivity contribution in [3.63, 3.8) is 0 Å². The lowest BCUT2D eigenvalue weighted by Gasteiger charge is -2.29. The number of aryl methyl sites for hydroxylation is 1. The SMILES string of the molecule is CN(CC1CCCCO1)c1ccc2c(c1)NCCC2. The van der Waals surface area contributed by atoms with Crippen molar-refractivity contribution in [1.29, 1.82) is 0 Å². The maximum absolute atomic E-state index is 5.83. The second-order valence-corrected chi connectivity index (χ2v) is 5.74. The van der Waals surface area contributed by atoms with Gasteiger partial charge in [0.1, 0.15) is 0 Å². The molecule has 1 atom stereocenters. The minimum atomic E-state index is 0.405. The van der Waals surface area contributed by atoms with Gasteiger partial charge in [0.15, 0.2) is 0 Å². The maximum Gasteiger partial charge on any atom is 0.0749 e. The van der Waals surface area contributed by atoms with Gasteiger partial charge < -0.3 is 15.0 Å². The molecule has 104 valence electrons. The third-order valence-electron chi connectivity index (χ3n) is 4.22. The van der Waals surface area contributed by atoms with E-state index >= 15 is 0 Å². The van der Waals surface area contributed by atoms with E-state index in [0.29, 0.717) is 6.10 Å². The normalized spacial score (nSPS) is 22.5. The monoisotopic (exact) mass is 260 g/mol. The molecule has 0 aromatic heterocycles. The molecule has 19 heavy (non-hydrogen) atoms. The van der Waals surface area contributed by atoms with Crippen LogP contribution in [-0.4, -0.2) is 32.8 Å². The summed E-state index contributed by atoms with van der Waals surface area (Å²) in [6, 6.07) is 6.81. The Kier molecular flexibility index (Phi) is 3.92. The standard InChI is InChI=1S/C16H24N2O/c1-18(12-15-6-2-3-10-19-15)14-8-7-13-5-4-9-17-16(13)11-14/h7-8,11,15,17H,2-6,9-10,12H2,1H3. The van der Waals surface area contributed by atoms with Gasteiger partial charge in [0, 0.05) is 38.1 Å². The molecule has 0 saturated carbocycles. The van der Waals surface area contributed by atoms with Crippen molar-refractivity contribution >= 4 is 11.4 Å². The van der Waals surface area contributed by atoms with E-state index in [1.54, 1.807) is 0 Å². The molecule has 3 heteroatoms. The number of nitrogens with zero attached hydrogens (tertiary/aromatic N) is 1. The van der Waals surface area contributed by atoms with Crippen LogP contribution in [-0.2, 0) is 11.2 Å². The van der Waals surface area contributed by atoms with Crippen molar-refractivity contribution in [2.75, 3.05) is 37.0 Å². The highest BCUT2D eigenvalue weighted by Gasteiger charge is 2.17. The summed E-state index contributed by atoms with van der Waals surface area (Å²) in [4.78, 5) is 2.33. The summed E-state index contributed by atoms with van der Waals surface area (Å²) in [5.41, 5.74) is 4.07. The molecule has 1 N–H and O–H groups in total. The zero-order valence-corrected chi connectivity index (χ0v) is 11.8. The smallest absolute Gasteiger partial charge is 0.0749 e. The number of anilines is 2. The van der Waals surface area contributed by atoms with Crippen molar-refractivity contribution in [2.24, 2.45) is 0 Å². The van der Waals surface area contributed by atoms with Gasteiger partial charge in [0.2, 0.25) is 0 Å². The molecule has 0 aliphatic carbocycles. The van der Waals surface area contributed by atoms with Crippen LogP contribution in [0.4, 0.5) is 11.4 Å². The lowest BCUT2D eigenvalue weighted by Crippen LogP contribution is -2.33. The van der Waals surface area contributed by atoms with E-state index in [1.165, 1.54) is 49.0 Å². The van der Waals surface area contributed by atoms with Gasteiger partial charge in [-0.25, -0.2) is 0 Å². The molecule has 1 aromatic rings. The second-order valence-electron chi connectivity index (χ2n) is 5.74. The Hall–Kier alpha value is -1.22. The van der Waals surface area contributed by atoms with E-state index in [0.717, 1.165) is 19.7 Å². The van der Waals surface area contributed by atoms with Crippen molar-refractivity contribution in [2.45, 2.75) is 38.2 Å². The van der Waals surface area contributed by atoms with Crippen LogP contribution in [0.15, 0.2) is 18.2 Å². The first kappa shape index (κ1) is 12.8. The molecule has 0 radical (unpaired) electrons. The summed E-state index contributed by atoms with van der Waals surface area (Å²) < 4.78 is 5.83. The topological polar surface area (TPSA) is 24.5 Å². The van der Waals surface area contributed by atoms with Crippen LogP contribution in [0.25, 0.3) is 0 Å². The number of likely N-dealkylation sites (N-methyl/N-ethyl adjacent to an activating group) is 1. The zero-order valence-electron chi connectivity index (χ0n) is 11.8. The van der Waals surface area contributed by atoms with E-state index in [4.69, 9.17) is 4.74 Å². The molecule has 1 aromatic carbocycles. The van der Waals surface area contributed by atoms with Gasteiger partial charge in [-0.3, -0.25) is 0 Å². The van der Waals surface area contributed by atoms with Gasteiger partial charge in [-0.2, -0.15) is 0 Å². The van der Waals surface area contributed by atoms with E-state index in [1.807, 2.05) is 0 Å². The molecule has 0 spiro atoms. The molecule has 1 unspecified atom stereocenters. The third-order valence-corrected chi connectivity index (χ3v) is 4.22. The summed E-state index contributed by atoms with van der Waals surface area (Å²) in [5.74, 6) is 0. The Bertz CT molecular complexity index is 427. The van der Waals surface area contributed by atoms with Gasteiger partial charge in [-0.05, 0) is 49.8 Å². The lowest BCUT2D eigenvalue weighted by molar-refractivity contribution is 0.0216. The first-order chi connectivity index (χ1) is 9.33. The second kappa shape index (κ2) is 5.83. The molecule has 2 aliphatic rings. The zero-order chi connectivity index (χ0) is 13.1. The number of hydrogen-bond donors (Lipinski definition) is 1. The molecular formula is C16H24N2O. The van der Waals surface area contributed by atoms with Crippen LogP contribution in [0.1, 0.15) is 31.2 Å². The van der Waals surface area contributed by atoms with Crippen LogP contribution in [0.2, 0.25) is 0 Å². The molecule has 0 bridgehead atoms. The Morgan fingerprint density at radius 3 is 3.11 bits per heavy atom. The fourth-order valence-corrected chi connectivity index (χ4v) is 3.05. The van der Waals surface area contributed by atoms with Gasteiger partial charge >= 0.3 is 0 Å². The average molecular weight is 260 g/mol. The highest BCUT2D eigenvalue weighted by atomic mass is 16.5. The van der Waals surface area contributed by atoms with Crippen molar-refractivity contribution in [1.82, 2.24) is 0 Å². The van der Waals surface area contributed by atoms with Gasteiger partial charge in [0.25, 0.3) is 0 Å². The Morgan fingerprint density at radius 2 is 2.26 bits per heavy atom. The predicted molar refractivity (Wildman–Crippen MR) is 80.1 cm³/mol. The summed E-state index contributed by atoms with van der Waals surface area (Å²) >= 11 is 0. The summed E-state index contributed by atoms with van der Waals surface area (Å²) in [5, 5.41) is 3.50. The maximum atomic E-state index is 5.83. The summed E-state index contributed by atoms with van der Waals surface area (Å²) in [6.45, 7) is 3.04. The van der Waals surface area contributed by atoms with Gasteiger partial charge in [-0.1, -0.05) is 6.07 Å². The average Bonchev–Trinajstić information content (AvgIpc) is 2.48. The molecule has 2 aliphatic heterocycles. The highest BCUT2D eigenvalue weighted by Crippen LogP contribution is 2.27. The van der Waals surface area contributed by atoms with Crippen LogP contribution in [0.3, 0.4) is 0 Å². The van der Waals surface area contributed by atoms with Crippen LogP contribution >= 0.6 is 0 Å². The fourth-order valence-electron chi connectivity index (χ4n) is 3.05. The first-order valence-electron chi connectivity index (χ1n) is 7.52. The number of ether oxygens (including phenoxy) is 1. The fraction of sp³-hybridized carbons (Fsp3) is 0.625. The highest BCUT2D eigenvalue weighted by molar-refractivity contribution is 5.63. The Balaban J connectivity index is 1.67. The minimum Gasteiger partial charge on any atom is -0.385 e. The Labute approximate surface area is 115 Å². The number of nitrogens with one attached hydrogen (secondary N) is 1. The van der Waals surface area contributed by atoms with Crippen molar-refractivity contribution in [3.8, 4) is 0 Å². The number of benzene rings is 1.